The first-order chi connectivity index (χ1) is 12.7. The summed E-state index contributed by atoms with van der Waals surface area (Å²) in [5.74, 6) is 1.05. The van der Waals surface area contributed by atoms with E-state index in [9.17, 15) is 9.59 Å². The van der Waals surface area contributed by atoms with Crippen LogP contribution in [0.25, 0.3) is 11.0 Å². The Kier molecular flexibility index (Phi) is 4.16. The number of nitriles is 1. The van der Waals surface area contributed by atoms with Crippen LogP contribution < -0.4 is 9.80 Å². The number of carbonyl (C=O) groups excluding carboxylic acids is 2. The highest BCUT2D eigenvalue weighted by Gasteiger charge is 2.32. The molecule has 26 heavy (non-hydrogen) atoms. The molecule has 9 heteroatoms. The number of H-pyrrole nitrogens is 1. The van der Waals surface area contributed by atoms with Crippen LogP contribution >= 0.6 is 0 Å². The van der Waals surface area contributed by atoms with Gasteiger partial charge in [-0.25, -0.2) is 0 Å². The van der Waals surface area contributed by atoms with E-state index < -0.39 is 0 Å². The zero-order valence-corrected chi connectivity index (χ0v) is 14.3. The van der Waals surface area contributed by atoms with Crippen LogP contribution in [0.4, 0.5) is 11.8 Å². The van der Waals surface area contributed by atoms with E-state index in [4.69, 9.17) is 5.26 Å². The number of aromatic nitrogens is 3. The van der Waals surface area contributed by atoms with Gasteiger partial charge in [-0.2, -0.15) is 15.2 Å². The minimum atomic E-state index is -0.136. The maximum atomic E-state index is 11.9. The minimum Gasteiger partial charge on any atom is -0.352 e. The Bertz CT molecular complexity index is 875. The Labute approximate surface area is 150 Å². The second kappa shape index (κ2) is 6.63. The average molecular weight is 353 g/mol. The molecule has 1 aliphatic heterocycles. The first-order valence-electron chi connectivity index (χ1n) is 8.69. The Morgan fingerprint density at radius 2 is 2.12 bits per heavy atom. The van der Waals surface area contributed by atoms with Crippen LogP contribution in [0.15, 0.2) is 12.3 Å². The largest absolute Gasteiger partial charge is 0.352 e. The fraction of sp³-hybridized carbons (Fsp3) is 0.471. The van der Waals surface area contributed by atoms with Gasteiger partial charge in [-0.1, -0.05) is 0 Å². The second-order valence-corrected chi connectivity index (χ2v) is 6.53. The normalized spacial score (nSPS) is 17.2. The van der Waals surface area contributed by atoms with Crippen molar-refractivity contribution >= 4 is 35.1 Å². The number of carbonyl (C=O) groups is 2. The molecule has 2 aliphatic rings. The maximum Gasteiger partial charge on any atom is 0.236 e. The van der Waals surface area contributed by atoms with Crippen molar-refractivity contribution in [1.82, 2.24) is 19.9 Å². The first kappa shape index (κ1) is 16.3. The SMILES string of the molecule is N#CCC(=O)N1CCN(c2nc(N(C=O)C3CC3)nc3[nH]ccc23)CC1. The van der Waals surface area contributed by atoms with E-state index in [0.29, 0.717) is 37.8 Å². The molecule has 0 atom stereocenters. The van der Waals surface area contributed by atoms with Crippen LogP contribution in [-0.4, -0.2) is 64.4 Å². The molecule has 0 radical (unpaired) electrons. The third-order valence-corrected chi connectivity index (χ3v) is 4.83. The molecule has 9 nitrogen and oxygen atoms in total. The van der Waals surface area contributed by atoms with Gasteiger partial charge >= 0.3 is 0 Å². The lowest BCUT2D eigenvalue weighted by Gasteiger charge is -2.35. The van der Waals surface area contributed by atoms with Crippen LogP contribution in [0.2, 0.25) is 0 Å². The smallest absolute Gasteiger partial charge is 0.236 e. The summed E-state index contributed by atoms with van der Waals surface area (Å²) < 4.78 is 0. The van der Waals surface area contributed by atoms with Crippen molar-refractivity contribution in [3.8, 4) is 6.07 Å². The van der Waals surface area contributed by atoms with Gasteiger partial charge < -0.3 is 14.8 Å². The minimum absolute atomic E-state index is 0.0879. The third-order valence-electron chi connectivity index (χ3n) is 4.83. The molecule has 1 aliphatic carbocycles. The second-order valence-electron chi connectivity index (χ2n) is 6.53. The molecular formula is C17H19N7O2. The fourth-order valence-corrected chi connectivity index (χ4v) is 3.27. The molecule has 1 saturated carbocycles. The van der Waals surface area contributed by atoms with Gasteiger partial charge in [0.05, 0.1) is 11.5 Å². The number of nitrogens with zero attached hydrogens (tertiary/aromatic N) is 6. The number of hydrogen-bond donors (Lipinski definition) is 1. The number of nitrogens with one attached hydrogen (secondary N) is 1. The number of rotatable bonds is 5. The standard InChI is InChI=1S/C17H19N7O2/c18-5-3-14(26)22-7-9-23(10-8-22)16-13-4-6-19-15(13)20-17(21-16)24(11-25)12-1-2-12/h4,6,11-12H,1-3,7-10H2,(H,19,20,21). The van der Waals surface area contributed by atoms with Gasteiger partial charge in [-0.3, -0.25) is 14.5 Å². The topological polar surface area (TPSA) is 109 Å². The summed E-state index contributed by atoms with van der Waals surface area (Å²) in [7, 11) is 0. The summed E-state index contributed by atoms with van der Waals surface area (Å²) in [5, 5.41) is 9.58. The number of piperazine rings is 1. The highest BCUT2D eigenvalue weighted by Crippen LogP contribution is 2.32. The molecule has 3 heterocycles. The van der Waals surface area contributed by atoms with E-state index in [1.165, 1.54) is 0 Å². The van der Waals surface area contributed by atoms with Crippen molar-refractivity contribution in [2.75, 3.05) is 36.0 Å². The first-order valence-corrected chi connectivity index (χ1v) is 8.69. The fourth-order valence-electron chi connectivity index (χ4n) is 3.27. The van der Waals surface area contributed by atoms with Crippen molar-refractivity contribution in [3.05, 3.63) is 12.3 Å². The summed E-state index contributed by atoms with van der Waals surface area (Å²) in [4.78, 5) is 41.0. The summed E-state index contributed by atoms with van der Waals surface area (Å²) in [5.41, 5.74) is 0.695. The Morgan fingerprint density at radius 3 is 2.77 bits per heavy atom. The summed E-state index contributed by atoms with van der Waals surface area (Å²) in [6.07, 6.45) is 4.46. The lowest BCUT2D eigenvalue weighted by molar-refractivity contribution is -0.130. The van der Waals surface area contributed by atoms with Crippen LogP contribution in [0, 0.1) is 11.3 Å². The van der Waals surface area contributed by atoms with Crippen molar-refractivity contribution in [2.45, 2.75) is 25.3 Å². The lowest BCUT2D eigenvalue weighted by atomic mass is 10.2. The summed E-state index contributed by atoms with van der Waals surface area (Å²) in [6, 6.07) is 4.01. The molecule has 1 N–H and O–H groups in total. The Morgan fingerprint density at radius 1 is 1.35 bits per heavy atom. The lowest BCUT2D eigenvalue weighted by Crippen LogP contribution is -2.49. The molecule has 0 aromatic carbocycles. The van der Waals surface area contributed by atoms with Crippen molar-refractivity contribution in [1.29, 1.82) is 5.26 Å². The molecule has 2 aromatic heterocycles. The maximum absolute atomic E-state index is 11.9. The molecule has 2 fully saturated rings. The highest BCUT2D eigenvalue weighted by atomic mass is 16.2. The molecule has 1 saturated heterocycles. The zero-order valence-electron chi connectivity index (χ0n) is 14.3. The number of aromatic amines is 1. The summed E-state index contributed by atoms with van der Waals surface area (Å²) in [6.45, 7) is 2.34. The molecule has 0 bridgehead atoms. The average Bonchev–Trinajstić information content (AvgIpc) is 3.38. The van der Waals surface area contributed by atoms with E-state index in [1.807, 2.05) is 18.3 Å². The molecule has 0 spiro atoms. The molecule has 2 amide bonds. The van der Waals surface area contributed by atoms with E-state index in [1.54, 1.807) is 9.80 Å². The van der Waals surface area contributed by atoms with Crippen LogP contribution in [0.1, 0.15) is 19.3 Å². The third kappa shape index (κ3) is 2.94. The molecule has 134 valence electrons. The van der Waals surface area contributed by atoms with Crippen LogP contribution in [0.3, 0.4) is 0 Å². The highest BCUT2D eigenvalue weighted by molar-refractivity contribution is 5.90. The summed E-state index contributed by atoms with van der Waals surface area (Å²) >= 11 is 0. The molecule has 2 aromatic rings. The Balaban J connectivity index is 1.60. The van der Waals surface area contributed by atoms with Gasteiger partial charge in [0.2, 0.25) is 18.3 Å². The molecular weight excluding hydrogens is 334 g/mol. The van der Waals surface area contributed by atoms with Crippen molar-refractivity contribution < 1.29 is 9.59 Å². The van der Waals surface area contributed by atoms with Gasteiger partial charge in [0.15, 0.2) is 0 Å². The van der Waals surface area contributed by atoms with Crippen molar-refractivity contribution in [3.63, 3.8) is 0 Å². The van der Waals surface area contributed by atoms with E-state index in [0.717, 1.165) is 30.5 Å². The monoisotopic (exact) mass is 353 g/mol. The molecule has 0 unspecified atom stereocenters. The van der Waals surface area contributed by atoms with Crippen LogP contribution in [0.5, 0.6) is 0 Å². The van der Waals surface area contributed by atoms with E-state index in [-0.39, 0.29) is 18.4 Å². The van der Waals surface area contributed by atoms with Gasteiger partial charge in [-0.05, 0) is 18.9 Å². The number of hydrogen-bond acceptors (Lipinski definition) is 6. The van der Waals surface area contributed by atoms with E-state index >= 15 is 0 Å². The Hall–Kier alpha value is -3.15. The predicted molar refractivity (Wildman–Crippen MR) is 94.5 cm³/mol. The number of anilines is 2. The quantitative estimate of drug-likeness (QED) is 0.790. The van der Waals surface area contributed by atoms with Crippen LogP contribution in [-0.2, 0) is 9.59 Å². The van der Waals surface area contributed by atoms with Gasteiger partial charge in [0.1, 0.15) is 17.9 Å². The van der Waals surface area contributed by atoms with E-state index in [2.05, 4.69) is 19.9 Å². The van der Waals surface area contributed by atoms with Gasteiger partial charge in [-0.15, -0.1) is 0 Å². The predicted octanol–water partition coefficient (Wildman–Crippen LogP) is 0.645. The number of amides is 2. The number of fused-ring (bicyclic) bond motifs is 1. The van der Waals surface area contributed by atoms with Gasteiger partial charge in [0, 0.05) is 38.4 Å². The van der Waals surface area contributed by atoms with Crippen molar-refractivity contribution in [2.24, 2.45) is 0 Å². The van der Waals surface area contributed by atoms with Gasteiger partial charge in [0.25, 0.3) is 0 Å². The molecule has 4 rings (SSSR count). The zero-order chi connectivity index (χ0) is 18.1.